The molecule has 0 aliphatic heterocycles. The number of rotatable bonds is 3. The summed E-state index contributed by atoms with van der Waals surface area (Å²) >= 11 is 1.71. The molecule has 0 atom stereocenters. The first kappa shape index (κ1) is 21.9. The van der Waals surface area contributed by atoms with E-state index in [9.17, 15) is 8.78 Å². The molecule has 0 fully saturated rings. The number of nitrogens with zero attached hydrogens (tertiary/aromatic N) is 2. The van der Waals surface area contributed by atoms with Crippen LogP contribution in [0.3, 0.4) is 0 Å². The predicted octanol–water partition coefficient (Wildman–Crippen LogP) is 6.19. The molecule has 0 saturated carbocycles. The number of thiazole rings is 1. The first-order valence-electron chi connectivity index (χ1n) is 8.73. The van der Waals surface area contributed by atoms with E-state index in [1.54, 1.807) is 11.3 Å². The first-order chi connectivity index (χ1) is 12.5. The lowest BCUT2D eigenvalue weighted by atomic mass is 10.1. The van der Waals surface area contributed by atoms with E-state index >= 15 is 0 Å². The van der Waals surface area contributed by atoms with Crippen LogP contribution in [0.4, 0.5) is 8.78 Å². The van der Waals surface area contributed by atoms with Crippen molar-refractivity contribution in [3.63, 3.8) is 0 Å². The molecular weight excluding hydrogens is 350 g/mol. The number of hydrogen-bond donors (Lipinski definition) is 0. The fourth-order valence-electron chi connectivity index (χ4n) is 1.94. The van der Waals surface area contributed by atoms with Crippen molar-refractivity contribution in [1.82, 2.24) is 9.97 Å². The van der Waals surface area contributed by atoms with E-state index in [4.69, 9.17) is 0 Å². The SMILES string of the molecule is CCc1ccc(C)nc1.CCc1ccc(F)cc1F.CCc1nccs1. The molecule has 5 heteroatoms. The topological polar surface area (TPSA) is 25.8 Å². The van der Waals surface area contributed by atoms with Gasteiger partial charge in [-0.05, 0) is 49.4 Å². The van der Waals surface area contributed by atoms with Crippen LogP contribution < -0.4 is 0 Å². The highest BCUT2D eigenvalue weighted by atomic mass is 32.1. The maximum Gasteiger partial charge on any atom is 0.129 e. The maximum absolute atomic E-state index is 12.6. The summed E-state index contributed by atoms with van der Waals surface area (Å²) in [5, 5.41) is 3.22. The monoisotopic (exact) mass is 376 g/mol. The fraction of sp³-hybridized carbons (Fsp3) is 0.333. The summed E-state index contributed by atoms with van der Waals surface area (Å²) in [6.07, 6.45) is 6.51. The normalized spacial score (nSPS) is 9.62. The Morgan fingerprint density at radius 2 is 1.69 bits per heavy atom. The Morgan fingerprint density at radius 3 is 2.12 bits per heavy atom. The standard InChI is InChI=1S/C8H8F2.C8H11N.C5H7NS/c1-2-6-3-4-7(9)5-8(6)10;1-3-8-5-4-7(2)9-6-8;1-2-5-6-3-4-7-5/h3-5H,2H2,1H3;4-6H,3H2,1-2H3;3-4H,2H2,1H3. The van der Waals surface area contributed by atoms with E-state index in [1.807, 2.05) is 37.7 Å². The molecule has 0 aliphatic rings. The molecule has 0 aliphatic carbocycles. The first-order valence-corrected chi connectivity index (χ1v) is 9.61. The molecule has 0 saturated heterocycles. The molecule has 0 unspecified atom stereocenters. The Kier molecular flexibility index (Phi) is 10.3. The second-order valence-corrected chi connectivity index (χ2v) is 6.51. The number of benzene rings is 1. The lowest BCUT2D eigenvalue weighted by molar-refractivity contribution is 0.573. The summed E-state index contributed by atoms with van der Waals surface area (Å²) in [6, 6.07) is 7.78. The zero-order chi connectivity index (χ0) is 19.4. The largest absolute Gasteiger partial charge is 0.261 e. The van der Waals surface area contributed by atoms with E-state index in [0.717, 1.165) is 24.6 Å². The van der Waals surface area contributed by atoms with Crippen LogP contribution >= 0.6 is 11.3 Å². The third-order valence-corrected chi connectivity index (χ3v) is 4.49. The Balaban J connectivity index is 0.000000198. The van der Waals surface area contributed by atoms with Crippen LogP contribution in [0.5, 0.6) is 0 Å². The molecule has 3 aromatic rings. The number of aromatic nitrogens is 2. The van der Waals surface area contributed by atoms with Crippen LogP contribution in [0, 0.1) is 18.6 Å². The number of aryl methyl sites for hydroxylation is 4. The molecule has 1 aromatic carbocycles. The smallest absolute Gasteiger partial charge is 0.129 e. The van der Waals surface area contributed by atoms with Gasteiger partial charge in [0.1, 0.15) is 11.6 Å². The molecule has 2 nitrogen and oxygen atoms in total. The second-order valence-electron chi connectivity index (χ2n) is 5.53. The second kappa shape index (κ2) is 12.3. The summed E-state index contributed by atoms with van der Waals surface area (Å²) in [7, 11) is 0. The summed E-state index contributed by atoms with van der Waals surface area (Å²) < 4.78 is 24.9. The molecule has 26 heavy (non-hydrogen) atoms. The molecule has 2 aromatic heterocycles. The molecule has 3 rings (SSSR count). The average Bonchev–Trinajstić information content (AvgIpc) is 3.17. The van der Waals surface area contributed by atoms with Gasteiger partial charge in [-0.3, -0.25) is 4.98 Å². The van der Waals surface area contributed by atoms with E-state index < -0.39 is 11.6 Å². The van der Waals surface area contributed by atoms with Gasteiger partial charge in [0.25, 0.3) is 0 Å². The van der Waals surface area contributed by atoms with Crippen LogP contribution in [0.2, 0.25) is 0 Å². The molecule has 0 amide bonds. The molecule has 0 bridgehead atoms. The number of hydrogen-bond acceptors (Lipinski definition) is 3. The molecule has 2 heterocycles. The van der Waals surface area contributed by atoms with Crippen LogP contribution in [0.15, 0.2) is 48.1 Å². The van der Waals surface area contributed by atoms with Crippen molar-refractivity contribution >= 4 is 11.3 Å². The average molecular weight is 377 g/mol. The number of pyridine rings is 1. The van der Waals surface area contributed by atoms with Crippen molar-refractivity contribution in [3.8, 4) is 0 Å². The van der Waals surface area contributed by atoms with E-state index in [1.165, 1.54) is 22.7 Å². The highest BCUT2D eigenvalue weighted by molar-refractivity contribution is 7.09. The van der Waals surface area contributed by atoms with Crippen LogP contribution in [-0.2, 0) is 19.3 Å². The lowest BCUT2D eigenvalue weighted by Crippen LogP contribution is -1.87. The van der Waals surface area contributed by atoms with Crippen molar-refractivity contribution in [2.45, 2.75) is 47.0 Å². The zero-order valence-electron chi connectivity index (χ0n) is 15.8. The van der Waals surface area contributed by atoms with E-state index in [-0.39, 0.29) is 0 Å². The minimum atomic E-state index is -0.519. The van der Waals surface area contributed by atoms with Crippen molar-refractivity contribution in [3.05, 3.63) is 81.6 Å². The Bertz CT molecular complexity index is 741. The zero-order valence-corrected chi connectivity index (χ0v) is 16.6. The number of halogens is 2. The summed E-state index contributed by atoms with van der Waals surface area (Å²) in [4.78, 5) is 8.20. The van der Waals surface area contributed by atoms with Gasteiger partial charge in [-0.15, -0.1) is 11.3 Å². The molecular formula is C21H26F2N2S. The quantitative estimate of drug-likeness (QED) is 0.545. The Hall–Kier alpha value is -2.14. The molecule has 140 valence electrons. The third-order valence-electron chi connectivity index (χ3n) is 3.56. The van der Waals surface area contributed by atoms with Gasteiger partial charge in [-0.2, -0.15) is 0 Å². The van der Waals surface area contributed by atoms with Crippen molar-refractivity contribution in [2.75, 3.05) is 0 Å². The Morgan fingerprint density at radius 1 is 0.923 bits per heavy atom. The van der Waals surface area contributed by atoms with Crippen molar-refractivity contribution < 1.29 is 8.78 Å². The van der Waals surface area contributed by atoms with Crippen LogP contribution in [0.1, 0.15) is 42.6 Å². The van der Waals surface area contributed by atoms with Gasteiger partial charge in [0.15, 0.2) is 0 Å². The van der Waals surface area contributed by atoms with Crippen molar-refractivity contribution in [2.24, 2.45) is 0 Å². The minimum Gasteiger partial charge on any atom is -0.261 e. The molecule has 0 radical (unpaired) electrons. The van der Waals surface area contributed by atoms with Gasteiger partial charge in [-0.25, -0.2) is 13.8 Å². The van der Waals surface area contributed by atoms with E-state index in [2.05, 4.69) is 29.9 Å². The van der Waals surface area contributed by atoms with Crippen LogP contribution in [-0.4, -0.2) is 9.97 Å². The molecule has 0 N–H and O–H groups in total. The highest BCUT2D eigenvalue weighted by Gasteiger charge is 1.99. The van der Waals surface area contributed by atoms with Gasteiger partial charge in [0.05, 0.1) is 5.01 Å². The third kappa shape index (κ3) is 8.30. The van der Waals surface area contributed by atoms with Gasteiger partial charge in [-0.1, -0.05) is 32.9 Å². The lowest BCUT2D eigenvalue weighted by Gasteiger charge is -1.96. The summed E-state index contributed by atoms with van der Waals surface area (Å²) in [6.45, 7) is 8.07. The Labute approximate surface area is 159 Å². The summed E-state index contributed by atoms with van der Waals surface area (Å²) in [5.41, 5.74) is 2.95. The van der Waals surface area contributed by atoms with Crippen LogP contribution in [0.25, 0.3) is 0 Å². The van der Waals surface area contributed by atoms with Gasteiger partial charge in [0.2, 0.25) is 0 Å². The van der Waals surface area contributed by atoms with Crippen molar-refractivity contribution in [1.29, 1.82) is 0 Å². The van der Waals surface area contributed by atoms with Gasteiger partial charge in [0, 0.05) is 29.5 Å². The maximum atomic E-state index is 12.6. The fourth-order valence-corrected chi connectivity index (χ4v) is 2.51. The van der Waals surface area contributed by atoms with Gasteiger partial charge < -0.3 is 0 Å². The minimum absolute atomic E-state index is 0.456. The summed E-state index contributed by atoms with van der Waals surface area (Å²) in [5.74, 6) is -0.975. The van der Waals surface area contributed by atoms with Gasteiger partial charge >= 0.3 is 0 Å². The van der Waals surface area contributed by atoms with E-state index in [0.29, 0.717) is 12.0 Å². The predicted molar refractivity (Wildman–Crippen MR) is 106 cm³/mol. The molecule has 0 spiro atoms. The highest BCUT2D eigenvalue weighted by Crippen LogP contribution is 2.09.